The zero-order valence-electron chi connectivity index (χ0n) is 14.2. The first-order valence-electron chi connectivity index (χ1n) is 8.39. The summed E-state index contributed by atoms with van der Waals surface area (Å²) in [4.78, 5) is 18.6. The standard InChI is InChI=1S/C19H21BrN2O2S/c1-2-24-11-3-10-22-18(23)13-25-19(22)17-12-21-9-8-16(17)14-4-6-15(20)7-5-14/h4-9,12,19H,2-3,10-11,13H2,1H3. The molecule has 1 amide bonds. The molecule has 1 fully saturated rings. The van der Waals surface area contributed by atoms with E-state index in [1.807, 2.05) is 42.4 Å². The highest BCUT2D eigenvalue weighted by Gasteiger charge is 2.33. The van der Waals surface area contributed by atoms with E-state index in [0.717, 1.165) is 27.6 Å². The van der Waals surface area contributed by atoms with Crippen LogP contribution >= 0.6 is 27.7 Å². The van der Waals surface area contributed by atoms with Crippen LogP contribution in [0.25, 0.3) is 11.1 Å². The predicted molar refractivity (Wildman–Crippen MR) is 105 cm³/mol. The van der Waals surface area contributed by atoms with Gasteiger partial charge < -0.3 is 9.64 Å². The van der Waals surface area contributed by atoms with E-state index < -0.39 is 0 Å². The molecule has 3 rings (SSSR count). The van der Waals surface area contributed by atoms with Crippen molar-refractivity contribution in [2.75, 3.05) is 25.5 Å². The Labute approximate surface area is 161 Å². The highest BCUT2D eigenvalue weighted by Crippen LogP contribution is 2.42. The Morgan fingerprint density at radius 3 is 2.88 bits per heavy atom. The Morgan fingerprint density at radius 2 is 2.12 bits per heavy atom. The van der Waals surface area contributed by atoms with Gasteiger partial charge in [-0.1, -0.05) is 28.1 Å². The van der Waals surface area contributed by atoms with Crippen molar-refractivity contribution in [3.8, 4) is 11.1 Å². The van der Waals surface area contributed by atoms with E-state index in [1.165, 1.54) is 0 Å². The van der Waals surface area contributed by atoms with Crippen LogP contribution in [-0.4, -0.2) is 41.3 Å². The molecule has 6 heteroatoms. The van der Waals surface area contributed by atoms with Gasteiger partial charge in [0.15, 0.2) is 0 Å². The minimum atomic E-state index is 0.0153. The van der Waals surface area contributed by atoms with Gasteiger partial charge >= 0.3 is 0 Å². The number of thioether (sulfide) groups is 1. The number of hydrogen-bond acceptors (Lipinski definition) is 4. The van der Waals surface area contributed by atoms with Crippen molar-refractivity contribution in [1.82, 2.24) is 9.88 Å². The summed E-state index contributed by atoms with van der Waals surface area (Å²) < 4.78 is 6.46. The van der Waals surface area contributed by atoms with Crippen molar-refractivity contribution >= 4 is 33.6 Å². The number of aromatic nitrogens is 1. The number of amides is 1. The first kappa shape index (κ1) is 18.4. The topological polar surface area (TPSA) is 42.4 Å². The van der Waals surface area contributed by atoms with E-state index in [0.29, 0.717) is 25.5 Å². The molecule has 2 aromatic rings. The molecule has 1 aromatic carbocycles. The van der Waals surface area contributed by atoms with Gasteiger partial charge in [0.2, 0.25) is 5.91 Å². The third kappa shape index (κ3) is 4.43. The average Bonchev–Trinajstić information content (AvgIpc) is 3.00. The zero-order valence-corrected chi connectivity index (χ0v) is 16.6. The number of pyridine rings is 1. The second-order valence-corrected chi connectivity index (χ2v) is 7.75. The smallest absolute Gasteiger partial charge is 0.233 e. The van der Waals surface area contributed by atoms with E-state index in [4.69, 9.17) is 4.74 Å². The van der Waals surface area contributed by atoms with E-state index in [9.17, 15) is 4.79 Å². The number of ether oxygens (including phenoxy) is 1. The normalized spacial score (nSPS) is 17.3. The fourth-order valence-corrected chi connectivity index (χ4v) is 4.43. The van der Waals surface area contributed by atoms with Gasteiger partial charge in [-0.05, 0) is 42.7 Å². The highest BCUT2D eigenvalue weighted by atomic mass is 79.9. The molecule has 0 radical (unpaired) electrons. The van der Waals surface area contributed by atoms with Crippen LogP contribution < -0.4 is 0 Å². The molecule has 1 aliphatic rings. The Hall–Kier alpha value is -1.37. The molecule has 1 aliphatic heterocycles. The van der Waals surface area contributed by atoms with Crippen LogP contribution in [0.5, 0.6) is 0 Å². The van der Waals surface area contributed by atoms with Crippen LogP contribution in [0.3, 0.4) is 0 Å². The molecule has 1 atom stereocenters. The van der Waals surface area contributed by atoms with Gasteiger partial charge in [-0.15, -0.1) is 11.8 Å². The van der Waals surface area contributed by atoms with Crippen LogP contribution in [-0.2, 0) is 9.53 Å². The number of rotatable bonds is 7. The van der Waals surface area contributed by atoms with Crippen LogP contribution in [0.2, 0.25) is 0 Å². The summed E-state index contributed by atoms with van der Waals surface area (Å²) in [5, 5.41) is 0.0153. The van der Waals surface area contributed by atoms with Crippen molar-refractivity contribution in [1.29, 1.82) is 0 Å². The third-order valence-corrected chi connectivity index (χ3v) is 5.90. The summed E-state index contributed by atoms with van der Waals surface area (Å²) in [6.45, 7) is 4.09. The number of hydrogen-bond donors (Lipinski definition) is 0. The minimum Gasteiger partial charge on any atom is -0.382 e. The summed E-state index contributed by atoms with van der Waals surface area (Å²) in [5.74, 6) is 0.714. The third-order valence-electron chi connectivity index (χ3n) is 4.13. The molecular weight excluding hydrogens is 400 g/mol. The summed E-state index contributed by atoms with van der Waals surface area (Å²) in [6.07, 6.45) is 4.55. The van der Waals surface area contributed by atoms with Crippen molar-refractivity contribution in [2.45, 2.75) is 18.7 Å². The maximum Gasteiger partial charge on any atom is 0.233 e. The fourth-order valence-electron chi connectivity index (χ4n) is 2.93. The maximum absolute atomic E-state index is 12.4. The van der Waals surface area contributed by atoms with E-state index >= 15 is 0 Å². The molecule has 1 saturated heterocycles. The SMILES string of the molecule is CCOCCCN1C(=O)CSC1c1cnccc1-c1ccc(Br)cc1. The van der Waals surface area contributed by atoms with Crippen LogP contribution in [0, 0.1) is 0 Å². The van der Waals surface area contributed by atoms with E-state index in [2.05, 4.69) is 33.0 Å². The monoisotopic (exact) mass is 420 g/mol. The zero-order chi connectivity index (χ0) is 17.6. The summed E-state index contributed by atoms with van der Waals surface area (Å²) >= 11 is 5.15. The minimum absolute atomic E-state index is 0.0153. The van der Waals surface area contributed by atoms with Gasteiger partial charge in [0.1, 0.15) is 5.37 Å². The molecule has 132 valence electrons. The van der Waals surface area contributed by atoms with Crippen molar-refractivity contribution in [2.24, 2.45) is 0 Å². The number of benzene rings is 1. The molecule has 0 saturated carbocycles. The molecule has 2 heterocycles. The maximum atomic E-state index is 12.4. The molecule has 0 bridgehead atoms. The van der Waals surface area contributed by atoms with E-state index in [-0.39, 0.29) is 11.3 Å². The fraction of sp³-hybridized carbons (Fsp3) is 0.368. The highest BCUT2D eigenvalue weighted by molar-refractivity contribution is 9.10. The summed E-state index contributed by atoms with van der Waals surface area (Å²) in [6, 6.07) is 10.3. The van der Waals surface area contributed by atoms with Crippen molar-refractivity contribution < 1.29 is 9.53 Å². The number of nitrogens with zero attached hydrogens (tertiary/aromatic N) is 2. The summed E-state index contributed by atoms with van der Waals surface area (Å²) in [5.41, 5.74) is 3.36. The van der Waals surface area contributed by atoms with Gasteiger partial charge in [-0.3, -0.25) is 9.78 Å². The first-order chi connectivity index (χ1) is 12.2. The molecule has 0 N–H and O–H groups in total. The first-order valence-corrected chi connectivity index (χ1v) is 10.2. The quantitative estimate of drug-likeness (QED) is 0.617. The van der Waals surface area contributed by atoms with E-state index in [1.54, 1.807) is 11.8 Å². The Balaban J connectivity index is 1.85. The van der Waals surface area contributed by atoms with Gasteiger partial charge in [-0.25, -0.2) is 0 Å². The number of halogens is 1. The van der Waals surface area contributed by atoms with Gasteiger partial charge in [0.05, 0.1) is 5.75 Å². The van der Waals surface area contributed by atoms with Gasteiger partial charge in [-0.2, -0.15) is 0 Å². The molecule has 1 aromatic heterocycles. The summed E-state index contributed by atoms with van der Waals surface area (Å²) in [7, 11) is 0. The lowest BCUT2D eigenvalue weighted by atomic mass is 10.0. The van der Waals surface area contributed by atoms with Gasteiger partial charge in [0.25, 0.3) is 0 Å². The van der Waals surface area contributed by atoms with Gasteiger partial charge in [0, 0.05) is 42.2 Å². The van der Waals surface area contributed by atoms with Crippen molar-refractivity contribution in [3.63, 3.8) is 0 Å². The second-order valence-electron chi connectivity index (χ2n) is 5.77. The van der Waals surface area contributed by atoms with Crippen LogP contribution in [0.15, 0.2) is 47.2 Å². The Bertz CT molecular complexity index is 724. The molecule has 0 spiro atoms. The lowest BCUT2D eigenvalue weighted by Crippen LogP contribution is -2.30. The second kappa shape index (κ2) is 8.83. The largest absolute Gasteiger partial charge is 0.382 e. The van der Waals surface area contributed by atoms with Crippen LogP contribution in [0.4, 0.5) is 0 Å². The molecule has 0 aliphatic carbocycles. The Kier molecular flexibility index (Phi) is 6.51. The predicted octanol–water partition coefficient (Wildman–Crippen LogP) is 4.51. The molecule has 4 nitrogen and oxygen atoms in total. The van der Waals surface area contributed by atoms with Crippen LogP contribution in [0.1, 0.15) is 24.3 Å². The number of carbonyl (C=O) groups is 1. The average molecular weight is 421 g/mol. The lowest BCUT2D eigenvalue weighted by Gasteiger charge is -2.25. The molecule has 1 unspecified atom stereocenters. The van der Waals surface area contributed by atoms with Crippen molar-refractivity contribution in [3.05, 3.63) is 52.8 Å². The number of carbonyl (C=O) groups excluding carboxylic acids is 1. The molecule has 25 heavy (non-hydrogen) atoms. The molecular formula is C19H21BrN2O2S. The lowest BCUT2D eigenvalue weighted by molar-refractivity contribution is -0.128. The Morgan fingerprint density at radius 1 is 1.32 bits per heavy atom.